The van der Waals surface area contributed by atoms with Crippen LogP contribution < -0.4 is 5.32 Å². The molecule has 3 heterocycles. The maximum atomic E-state index is 12.5. The van der Waals surface area contributed by atoms with Gasteiger partial charge in [-0.05, 0) is 24.3 Å². The smallest absolute Gasteiger partial charge is 0.292 e. The lowest BCUT2D eigenvalue weighted by molar-refractivity contribution is 0.0727. The molecule has 1 amide bonds. The Morgan fingerprint density at radius 3 is 3.00 bits per heavy atom. The molecular formula is C18H21N3O2. The number of aromatic nitrogens is 1. The fourth-order valence-electron chi connectivity index (χ4n) is 4.06. The van der Waals surface area contributed by atoms with Gasteiger partial charge in [-0.2, -0.15) is 0 Å². The minimum Gasteiger partial charge on any atom is -0.351 e. The van der Waals surface area contributed by atoms with Crippen LogP contribution in [0, 0.1) is 11.3 Å². The summed E-state index contributed by atoms with van der Waals surface area (Å²) in [5.74, 6) is 0.838. The summed E-state index contributed by atoms with van der Waals surface area (Å²) in [5.41, 5.74) is 1.55. The summed E-state index contributed by atoms with van der Waals surface area (Å²) in [7, 11) is 0. The van der Waals surface area contributed by atoms with E-state index in [1.54, 1.807) is 6.07 Å². The topological polar surface area (TPSA) is 58.4 Å². The molecule has 120 valence electrons. The van der Waals surface area contributed by atoms with E-state index in [0.29, 0.717) is 11.7 Å². The van der Waals surface area contributed by atoms with E-state index in [1.165, 1.54) is 11.8 Å². The van der Waals surface area contributed by atoms with Crippen LogP contribution in [-0.2, 0) is 6.42 Å². The Hall–Kier alpha value is -2.14. The second kappa shape index (κ2) is 5.81. The number of amides is 1. The number of aryl methyl sites for hydroxylation is 1. The van der Waals surface area contributed by atoms with Gasteiger partial charge in [0, 0.05) is 37.7 Å². The molecule has 0 aliphatic carbocycles. The number of fused-ring (bicyclic) bond motifs is 1. The van der Waals surface area contributed by atoms with Crippen molar-refractivity contribution in [3.8, 4) is 0 Å². The van der Waals surface area contributed by atoms with E-state index in [1.807, 2.05) is 4.90 Å². The van der Waals surface area contributed by atoms with E-state index in [-0.39, 0.29) is 11.3 Å². The predicted octanol–water partition coefficient (Wildman–Crippen LogP) is 1.97. The second-order valence-corrected chi connectivity index (χ2v) is 6.74. The third-order valence-electron chi connectivity index (χ3n) is 5.37. The number of carbonyl (C=O) groups excluding carboxylic acids is 1. The molecule has 2 aliphatic heterocycles. The van der Waals surface area contributed by atoms with Crippen LogP contribution in [0.5, 0.6) is 0 Å². The predicted molar refractivity (Wildman–Crippen MR) is 86.0 cm³/mol. The number of nitrogens with zero attached hydrogens (tertiary/aromatic N) is 2. The molecule has 5 nitrogen and oxygen atoms in total. The van der Waals surface area contributed by atoms with E-state index in [2.05, 4.69) is 40.8 Å². The summed E-state index contributed by atoms with van der Waals surface area (Å²) in [4.78, 5) is 14.5. The maximum absolute atomic E-state index is 12.5. The molecule has 0 saturated carbocycles. The summed E-state index contributed by atoms with van der Waals surface area (Å²) >= 11 is 0. The number of carbonyl (C=O) groups is 1. The lowest BCUT2D eigenvalue weighted by Gasteiger charge is -2.28. The van der Waals surface area contributed by atoms with Crippen molar-refractivity contribution in [1.82, 2.24) is 15.4 Å². The van der Waals surface area contributed by atoms with Gasteiger partial charge in [-0.1, -0.05) is 35.5 Å². The number of likely N-dealkylation sites (tertiary alicyclic amines) is 1. The Morgan fingerprint density at radius 2 is 2.22 bits per heavy atom. The highest BCUT2D eigenvalue weighted by Crippen LogP contribution is 2.43. The van der Waals surface area contributed by atoms with Crippen molar-refractivity contribution in [3.05, 3.63) is 53.9 Å². The number of nitrogens with one attached hydrogen (secondary N) is 1. The third kappa shape index (κ3) is 2.65. The third-order valence-corrected chi connectivity index (χ3v) is 5.37. The standard InChI is InChI=1S/C18H21N3O2/c22-17(16-7-9-20-23-16)21-11-15-10-19-12-18(15,13-21)8-6-14-4-2-1-3-5-14/h1-5,7,9,15,19H,6,8,10-13H2. The molecule has 2 aliphatic rings. The monoisotopic (exact) mass is 311 g/mol. The summed E-state index contributed by atoms with van der Waals surface area (Å²) in [6.07, 6.45) is 3.69. The van der Waals surface area contributed by atoms with Gasteiger partial charge in [-0.15, -0.1) is 0 Å². The Balaban J connectivity index is 1.47. The summed E-state index contributed by atoms with van der Waals surface area (Å²) < 4.78 is 5.04. The van der Waals surface area contributed by atoms with Crippen molar-refractivity contribution in [2.45, 2.75) is 12.8 Å². The first-order chi connectivity index (χ1) is 11.3. The van der Waals surface area contributed by atoms with Crippen LogP contribution in [0.4, 0.5) is 0 Å². The molecule has 4 rings (SSSR count). The summed E-state index contributed by atoms with van der Waals surface area (Å²) in [6, 6.07) is 12.2. The minimum atomic E-state index is -0.0315. The van der Waals surface area contributed by atoms with Crippen molar-refractivity contribution in [2.24, 2.45) is 11.3 Å². The molecule has 1 N–H and O–H groups in total. The van der Waals surface area contributed by atoms with Crippen LogP contribution >= 0.6 is 0 Å². The van der Waals surface area contributed by atoms with Gasteiger partial charge in [0.25, 0.3) is 5.91 Å². The molecule has 2 atom stereocenters. The molecule has 1 aromatic heterocycles. The molecule has 23 heavy (non-hydrogen) atoms. The molecule has 2 fully saturated rings. The molecule has 5 heteroatoms. The van der Waals surface area contributed by atoms with Gasteiger partial charge in [-0.25, -0.2) is 0 Å². The largest absolute Gasteiger partial charge is 0.351 e. The summed E-state index contributed by atoms with van der Waals surface area (Å²) in [5, 5.41) is 7.17. The Bertz CT molecular complexity index is 671. The average molecular weight is 311 g/mol. The van der Waals surface area contributed by atoms with E-state index < -0.39 is 0 Å². The van der Waals surface area contributed by atoms with Crippen LogP contribution in [0.15, 0.2) is 47.1 Å². The molecular weight excluding hydrogens is 290 g/mol. The Kier molecular flexibility index (Phi) is 3.65. The highest BCUT2D eigenvalue weighted by molar-refractivity contribution is 5.91. The zero-order valence-electron chi connectivity index (χ0n) is 13.1. The molecule has 0 radical (unpaired) electrons. The zero-order valence-corrected chi connectivity index (χ0v) is 13.1. The first-order valence-electron chi connectivity index (χ1n) is 8.21. The van der Waals surface area contributed by atoms with Crippen LogP contribution in [0.2, 0.25) is 0 Å². The highest BCUT2D eigenvalue weighted by atomic mass is 16.5. The van der Waals surface area contributed by atoms with Crippen molar-refractivity contribution < 1.29 is 9.32 Å². The van der Waals surface area contributed by atoms with Crippen LogP contribution in [0.25, 0.3) is 0 Å². The normalized spacial score (nSPS) is 26.4. The maximum Gasteiger partial charge on any atom is 0.292 e. The van der Waals surface area contributed by atoms with Crippen molar-refractivity contribution in [2.75, 3.05) is 26.2 Å². The number of hydrogen-bond donors (Lipinski definition) is 1. The van der Waals surface area contributed by atoms with Crippen LogP contribution in [0.3, 0.4) is 0 Å². The van der Waals surface area contributed by atoms with Gasteiger partial charge >= 0.3 is 0 Å². The quantitative estimate of drug-likeness (QED) is 0.938. The average Bonchev–Trinajstić information content (AvgIpc) is 3.29. The second-order valence-electron chi connectivity index (χ2n) is 6.74. The summed E-state index contributed by atoms with van der Waals surface area (Å²) in [6.45, 7) is 3.60. The Morgan fingerprint density at radius 1 is 1.35 bits per heavy atom. The van der Waals surface area contributed by atoms with E-state index in [4.69, 9.17) is 4.52 Å². The van der Waals surface area contributed by atoms with E-state index in [0.717, 1.165) is 39.0 Å². The molecule has 1 aromatic carbocycles. The van der Waals surface area contributed by atoms with E-state index >= 15 is 0 Å². The Labute approximate surface area is 135 Å². The van der Waals surface area contributed by atoms with Crippen molar-refractivity contribution >= 4 is 5.91 Å². The van der Waals surface area contributed by atoms with E-state index in [9.17, 15) is 4.79 Å². The van der Waals surface area contributed by atoms with Gasteiger partial charge < -0.3 is 14.7 Å². The van der Waals surface area contributed by atoms with Gasteiger partial charge in [0.15, 0.2) is 0 Å². The highest BCUT2D eigenvalue weighted by Gasteiger charge is 2.50. The van der Waals surface area contributed by atoms with Crippen molar-refractivity contribution in [1.29, 1.82) is 0 Å². The molecule has 2 unspecified atom stereocenters. The van der Waals surface area contributed by atoms with Crippen molar-refractivity contribution in [3.63, 3.8) is 0 Å². The fourth-order valence-corrected chi connectivity index (χ4v) is 4.06. The molecule has 2 aromatic rings. The molecule has 0 bridgehead atoms. The zero-order chi connectivity index (χ0) is 15.7. The molecule has 0 spiro atoms. The van der Waals surface area contributed by atoms with Gasteiger partial charge in [0.2, 0.25) is 5.76 Å². The van der Waals surface area contributed by atoms with Crippen LogP contribution in [-0.4, -0.2) is 42.1 Å². The lowest BCUT2D eigenvalue weighted by Crippen LogP contribution is -2.35. The van der Waals surface area contributed by atoms with Gasteiger partial charge in [0.05, 0.1) is 6.20 Å². The van der Waals surface area contributed by atoms with Gasteiger partial charge in [0.1, 0.15) is 0 Å². The molecule has 2 saturated heterocycles. The SMILES string of the molecule is O=C(c1ccno1)N1CC2CNCC2(CCc2ccccc2)C1. The number of rotatable bonds is 4. The lowest BCUT2D eigenvalue weighted by atomic mass is 9.76. The number of benzene rings is 1. The first-order valence-corrected chi connectivity index (χ1v) is 8.21. The number of hydrogen-bond acceptors (Lipinski definition) is 4. The van der Waals surface area contributed by atoms with Gasteiger partial charge in [-0.3, -0.25) is 4.79 Å². The minimum absolute atomic E-state index is 0.0315. The fraction of sp³-hybridized carbons (Fsp3) is 0.444. The first kappa shape index (κ1) is 14.5. The van der Waals surface area contributed by atoms with Crippen LogP contribution in [0.1, 0.15) is 22.5 Å².